The van der Waals surface area contributed by atoms with Gasteiger partial charge in [-0.05, 0) is 30.5 Å². The first kappa shape index (κ1) is 18.2. The summed E-state index contributed by atoms with van der Waals surface area (Å²) >= 11 is 13.3. The van der Waals surface area contributed by atoms with Gasteiger partial charge in [0.1, 0.15) is 0 Å². The normalized spacial score (nSPS) is 15.4. The van der Waals surface area contributed by atoms with E-state index in [-0.39, 0.29) is 11.6 Å². The van der Waals surface area contributed by atoms with Gasteiger partial charge in [0.05, 0.1) is 20.5 Å². The van der Waals surface area contributed by atoms with Crippen molar-refractivity contribution in [2.75, 3.05) is 6.54 Å². The first-order chi connectivity index (χ1) is 11.9. The van der Waals surface area contributed by atoms with Crippen LogP contribution < -0.4 is 5.32 Å². The summed E-state index contributed by atoms with van der Waals surface area (Å²) in [6, 6.07) is 5.34. The Bertz CT molecular complexity index is 818. The lowest BCUT2D eigenvalue weighted by molar-refractivity contribution is -0.129. The molecule has 0 spiro atoms. The molecule has 1 aromatic heterocycles. The number of carboxylic acid groups (broad SMARTS) is 1. The lowest BCUT2D eigenvalue weighted by Gasteiger charge is -2.40. The van der Waals surface area contributed by atoms with E-state index in [2.05, 4.69) is 10.3 Å². The zero-order chi connectivity index (χ0) is 18.0. The van der Waals surface area contributed by atoms with E-state index in [1.165, 1.54) is 16.7 Å². The zero-order valence-electron chi connectivity index (χ0n) is 13.2. The average molecular weight is 399 g/mol. The molecular weight excluding hydrogens is 383 g/mol. The lowest BCUT2D eigenvalue weighted by Crippen LogP contribution is -2.49. The Morgan fingerprint density at radius 3 is 2.60 bits per heavy atom. The largest absolute Gasteiger partial charge is 0.476 e. The van der Waals surface area contributed by atoms with Crippen molar-refractivity contribution in [3.8, 4) is 0 Å². The number of carboxylic acids is 1. The summed E-state index contributed by atoms with van der Waals surface area (Å²) < 4.78 is 0. The summed E-state index contributed by atoms with van der Waals surface area (Å²) in [7, 11) is 0. The minimum atomic E-state index is -1.04. The number of thiazole rings is 1. The summed E-state index contributed by atoms with van der Waals surface area (Å²) in [5, 5.41) is 14.9. The molecule has 0 radical (unpaired) electrons. The summed E-state index contributed by atoms with van der Waals surface area (Å²) in [6.45, 7) is 0.411. The van der Waals surface area contributed by atoms with Gasteiger partial charge in [-0.3, -0.25) is 4.79 Å². The molecule has 0 aliphatic heterocycles. The second kappa shape index (κ2) is 7.32. The fourth-order valence-electron chi connectivity index (χ4n) is 2.95. The summed E-state index contributed by atoms with van der Waals surface area (Å²) in [6.07, 6.45) is 3.04. The molecule has 0 atom stereocenters. The minimum absolute atomic E-state index is 0.0350. The third-order valence-electron chi connectivity index (χ3n) is 4.51. The quantitative estimate of drug-likeness (QED) is 0.772. The number of amides is 1. The highest BCUT2D eigenvalue weighted by molar-refractivity contribution is 7.09. The van der Waals surface area contributed by atoms with E-state index in [1.807, 2.05) is 6.07 Å². The van der Waals surface area contributed by atoms with Crippen LogP contribution in [0.15, 0.2) is 23.6 Å². The Kier molecular flexibility index (Phi) is 5.32. The van der Waals surface area contributed by atoms with Crippen LogP contribution in [0.25, 0.3) is 0 Å². The van der Waals surface area contributed by atoms with Crippen LogP contribution >= 0.6 is 34.5 Å². The smallest absolute Gasteiger partial charge is 0.355 e. The van der Waals surface area contributed by atoms with Crippen LogP contribution in [0.2, 0.25) is 10.0 Å². The SMILES string of the molecule is O=C(O)c1csc(CCNC(=O)C2(c3ccc(Cl)c(Cl)c3)CCC2)n1. The van der Waals surface area contributed by atoms with E-state index in [0.717, 1.165) is 24.8 Å². The van der Waals surface area contributed by atoms with Crippen molar-refractivity contribution < 1.29 is 14.7 Å². The maximum Gasteiger partial charge on any atom is 0.355 e. The van der Waals surface area contributed by atoms with Crippen molar-refractivity contribution >= 4 is 46.4 Å². The zero-order valence-corrected chi connectivity index (χ0v) is 15.5. The van der Waals surface area contributed by atoms with Crippen LogP contribution in [-0.2, 0) is 16.6 Å². The van der Waals surface area contributed by atoms with Crippen molar-refractivity contribution in [1.29, 1.82) is 0 Å². The third kappa shape index (κ3) is 3.66. The molecule has 1 aliphatic rings. The molecule has 1 aromatic carbocycles. The first-order valence-corrected chi connectivity index (χ1v) is 9.47. The van der Waals surface area contributed by atoms with Gasteiger partial charge in [0.25, 0.3) is 0 Å². The van der Waals surface area contributed by atoms with Gasteiger partial charge in [0.15, 0.2) is 5.69 Å². The fraction of sp³-hybridized carbons (Fsp3) is 0.353. The highest BCUT2D eigenvalue weighted by atomic mass is 35.5. The fourth-order valence-corrected chi connectivity index (χ4v) is 4.02. The Morgan fingerprint density at radius 1 is 1.28 bits per heavy atom. The molecule has 1 heterocycles. The van der Waals surface area contributed by atoms with Crippen LogP contribution in [0.3, 0.4) is 0 Å². The first-order valence-electron chi connectivity index (χ1n) is 7.84. The van der Waals surface area contributed by atoms with Crippen LogP contribution in [0.4, 0.5) is 0 Å². The molecule has 1 saturated carbocycles. The van der Waals surface area contributed by atoms with Crippen LogP contribution in [0, 0.1) is 0 Å². The summed E-state index contributed by atoms with van der Waals surface area (Å²) in [5.74, 6) is -1.08. The third-order valence-corrected chi connectivity index (χ3v) is 6.16. The lowest BCUT2D eigenvalue weighted by atomic mass is 9.64. The molecular formula is C17H16Cl2N2O3S. The number of carbonyl (C=O) groups excluding carboxylic acids is 1. The standard InChI is InChI=1S/C17H16Cl2N2O3S/c18-11-3-2-10(8-12(11)19)17(5-1-6-17)16(24)20-7-4-14-21-13(9-25-14)15(22)23/h2-3,8-9H,1,4-7H2,(H,20,24)(H,22,23). The molecule has 5 nitrogen and oxygen atoms in total. The van der Waals surface area contributed by atoms with Gasteiger partial charge in [-0.15, -0.1) is 11.3 Å². The van der Waals surface area contributed by atoms with Gasteiger partial charge in [-0.2, -0.15) is 0 Å². The molecule has 1 fully saturated rings. The molecule has 25 heavy (non-hydrogen) atoms. The van der Waals surface area contributed by atoms with Crippen molar-refractivity contribution in [2.45, 2.75) is 31.1 Å². The molecule has 2 aromatic rings. The van der Waals surface area contributed by atoms with Gasteiger partial charge < -0.3 is 10.4 Å². The monoisotopic (exact) mass is 398 g/mol. The van der Waals surface area contributed by atoms with Gasteiger partial charge in [0.2, 0.25) is 5.91 Å². The van der Waals surface area contributed by atoms with E-state index < -0.39 is 11.4 Å². The maximum absolute atomic E-state index is 12.7. The highest BCUT2D eigenvalue weighted by Crippen LogP contribution is 2.45. The average Bonchev–Trinajstić information content (AvgIpc) is 2.99. The molecule has 0 unspecified atom stereocenters. The Morgan fingerprint density at radius 2 is 2.04 bits per heavy atom. The van der Waals surface area contributed by atoms with Crippen molar-refractivity contribution in [3.63, 3.8) is 0 Å². The van der Waals surface area contributed by atoms with Gasteiger partial charge in [-0.25, -0.2) is 9.78 Å². The van der Waals surface area contributed by atoms with Crippen molar-refractivity contribution in [2.24, 2.45) is 0 Å². The molecule has 1 amide bonds. The van der Waals surface area contributed by atoms with Gasteiger partial charge in [-0.1, -0.05) is 35.7 Å². The summed E-state index contributed by atoms with van der Waals surface area (Å²) in [4.78, 5) is 27.6. The Labute approximate surface area is 159 Å². The van der Waals surface area contributed by atoms with Crippen molar-refractivity contribution in [3.05, 3.63) is 49.9 Å². The minimum Gasteiger partial charge on any atom is -0.476 e. The predicted octanol–water partition coefficient (Wildman–Crippen LogP) is 3.93. The van der Waals surface area contributed by atoms with Crippen LogP contribution in [0.5, 0.6) is 0 Å². The number of nitrogens with one attached hydrogen (secondary N) is 1. The molecule has 1 aliphatic carbocycles. The number of hydrogen-bond donors (Lipinski definition) is 2. The number of rotatable bonds is 6. The van der Waals surface area contributed by atoms with E-state index in [0.29, 0.717) is 28.0 Å². The highest BCUT2D eigenvalue weighted by Gasteiger charge is 2.45. The Hall–Kier alpha value is -1.63. The maximum atomic E-state index is 12.7. The van der Waals surface area contributed by atoms with Crippen LogP contribution in [-0.4, -0.2) is 28.5 Å². The number of aromatic carboxylic acids is 1. The second-order valence-corrected chi connectivity index (χ2v) is 7.76. The van der Waals surface area contributed by atoms with Gasteiger partial charge in [0, 0.05) is 18.3 Å². The number of aromatic nitrogens is 1. The van der Waals surface area contributed by atoms with Gasteiger partial charge >= 0.3 is 5.97 Å². The number of nitrogens with zero attached hydrogens (tertiary/aromatic N) is 1. The number of benzene rings is 1. The molecule has 2 N–H and O–H groups in total. The van der Waals surface area contributed by atoms with Crippen molar-refractivity contribution in [1.82, 2.24) is 10.3 Å². The molecule has 0 saturated heterocycles. The van der Waals surface area contributed by atoms with E-state index in [9.17, 15) is 9.59 Å². The molecule has 132 valence electrons. The van der Waals surface area contributed by atoms with Crippen LogP contribution in [0.1, 0.15) is 40.3 Å². The number of hydrogen-bond acceptors (Lipinski definition) is 4. The predicted molar refractivity (Wildman–Crippen MR) is 97.8 cm³/mol. The molecule has 0 bridgehead atoms. The van der Waals surface area contributed by atoms with E-state index >= 15 is 0 Å². The second-order valence-electron chi connectivity index (χ2n) is 6.00. The van der Waals surface area contributed by atoms with E-state index in [1.54, 1.807) is 12.1 Å². The number of carbonyl (C=O) groups is 2. The summed E-state index contributed by atoms with van der Waals surface area (Å²) in [5.41, 5.74) is 0.370. The Balaban J connectivity index is 1.64. The van der Waals surface area contributed by atoms with E-state index in [4.69, 9.17) is 28.3 Å². The molecule has 8 heteroatoms. The topological polar surface area (TPSA) is 79.3 Å². The number of halogens is 2. The molecule has 3 rings (SSSR count).